The summed E-state index contributed by atoms with van der Waals surface area (Å²) in [5.41, 5.74) is 2.28. The number of guanidine groups is 1. The average molecular weight is 364 g/mol. The van der Waals surface area contributed by atoms with Gasteiger partial charge in [0, 0.05) is 12.7 Å². The van der Waals surface area contributed by atoms with Crippen LogP contribution in [0.15, 0.2) is 65.8 Å². The summed E-state index contributed by atoms with van der Waals surface area (Å²) < 4.78 is 6.38. The third-order valence-corrected chi connectivity index (χ3v) is 5.21. The minimum absolute atomic E-state index is 0.687. The first kappa shape index (κ1) is 16.6. The van der Waals surface area contributed by atoms with Crippen LogP contribution < -0.4 is 15.0 Å². The molecular formula is C20H20N4OS. The zero-order valence-corrected chi connectivity index (χ0v) is 15.4. The summed E-state index contributed by atoms with van der Waals surface area (Å²) in [6.07, 6.45) is 5.00. The van der Waals surface area contributed by atoms with E-state index in [1.807, 2.05) is 47.5 Å². The number of anilines is 1. The first-order chi connectivity index (χ1) is 12.8. The van der Waals surface area contributed by atoms with Gasteiger partial charge in [-0.2, -0.15) is 0 Å². The molecule has 0 aliphatic carbocycles. The standard InChI is InChI=1S/C20H20N4OS/c1-25-16-9-7-15(8-10-16)11-13-22-19-21-12-4-14-24(19)20-23-17-5-2-3-6-18(17)26-20/h2-10,14H,11-13H2,1H3,(H,21,22). The Kier molecular flexibility index (Phi) is 4.84. The maximum absolute atomic E-state index is 5.20. The Hall–Kier alpha value is -2.86. The Balaban J connectivity index is 1.43. The number of para-hydroxylation sites is 1. The van der Waals surface area contributed by atoms with Crippen molar-refractivity contribution in [3.05, 3.63) is 66.4 Å². The van der Waals surface area contributed by atoms with E-state index >= 15 is 0 Å². The van der Waals surface area contributed by atoms with Gasteiger partial charge in [-0.25, -0.2) is 9.98 Å². The van der Waals surface area contributed by atoms with Crippen LogP contribution in [0, 0.1) is 0 Å². The molecule has 0 radical (unpaired) electrons. The van der Waals surface area contributed by atoms with Gasteiger partial charge >= 0.3 is 0 Å². The van der Waals surface area contributed by atoms with Crippen LogP contribution in [-0.2, 0) is 6.42 Å². The van der Waals surface area contributed by atoms with Crippen LogP contribution in [0.4, 0.5) is 5.13 Å². The highest BCUT2D eigenvalue weighted by Gasteiger charge is 2.17. The Labute approximate surface area is 156 Å². The molecule has 1 aliphatic heterocycles. The molecule has 0 saturated carbocycles. The van der Waals surface area contributed by atoms with Gasteiger partial charge in [0.15, 0.2) is 5.13 Å². The average Bonchev–Trinajstić information content (AvgIpc) is 3.13. The molecule has 1 aromatic heterocycles. The van der Waals surface area contributed by atoms with Crippen molar-refractivity contribution in [2.45, 2.75) is 6.42 Å². The molecule has 0 fully saturated rings. The molecule has 0 atom stereocenters. The monoisotopic (exact) mass is 364 g/mol. The third kappa shape index (κ3) is 3.55. The number of hydrogen-bond acceptors (Lipinski definition) is 6. The zero-order chi connectivity index (χ0) is 17.8. The minimum Gasteiger partial charge on any atom is -0.497 e. The molecule has 2 heterocycles. The number of fused-ring (bicyclic) bond motifs is 1. The second-order valence-corrected chi connectivity index (χ2v) is 6.92. The maximum Gasteiger partial charge on any atom is 0.204 e. The van der Waals surface area contributed by atoms with Gasteiger partial charge in [-0.1, -0.05) is 35.6 Å². The smallest absolute Gasteiger partial charge is 0.204 e. The number of benzene rings is 2. The van der Waals surface area contributed by atoms with Crippen LogP contribution in [0.3, 0.4) is 0 Å². The fraction of sp³-hybridized carbons (Fsp3) is 0.200. The molecule has 5 nitrogen and oxygen atoms in total. The number of aliphatic imine (C=N–C) groups is 1. The summed E-state index contributed by atoms with van der Waals surface area (Å²) in [5, 5.41) is 4.38. The van der Waals surface area contributed by atoms with Gasteiger partial charge in [0.2, 0.25) is 5.96 Å². The number of nitrogens with one attached hydrogen (secondary N) is 1. The fourth-order valence-electron chi connectivity index (χ4n) is 2.81. The summed E-state index contributed by atoms with van der Waals surface area (Å²) in [4.78, 5) is 11.4. The van der Waals surface area contributed by atoms with Crippen molar-refractivity contribution in [3.63, 3.8) is 0 Å². The van der Waals surface area contributed by atoms with Crippen molar-refractivity contribution in [2.24, 2.45) is 4.99 Å². The SMILES string of the molecule is COc1ccc(CCNC2=NCC=CN2c2nc3ccccc3s2)cc1. The molecule has 0 unspecified atom stereocenters. The van der Waals surface area contributed by atoms with Gasteiger partial charge in [-0.15, -0.1) is 0 Å². The number of thiazole rings is 1. The van der Waals surface area contributed by atoms with Crippen molar-refractivity contribution in [2.75, 3.05) is 25.1 Å². The number of methoxy groups -OCH3 is 1. The highest BCUT2D eigenvalue weighted by Crippen LogP contribution is 2.29. The van der Waals surface area contributed by atoms with E-state index in [-0.39, 0.29) is 0 Å². The maximum atomic E-state index is 5.20. The molecule has 0 saturated heterocycles. The van der Waals surface area contributed by atoms with Crippen molar-refractivity contribution < 1.29 is 4.74 Å². The molecule has 6 heteroatoms. The van der Waals surface area contributed by atoms with Crippen LogP contribution in [0.1, 0.15) is 5.56 Å². The van der Waals surface area contributed by atoms with Crippen molar-refractivity contribution >= 4 is 32.6 Å². The molecule has 0 bridgehead atoms. The predicted molar refractivity (Wildman–Crippen MR) is 108 cm³/mol. The van der Waals surface area contributed by atoms with Gasteiger partial charge in [0.25, 0.3) is 0 Å². The number of nitrogens with zero attached hydrogens (tertiary/aromatic N) is 3. The molecule has 3 aromatic rings. The van der Waals surface area contributed by atoms with Crippen molar-refractivity contribution in [1.82, 2.24) is 10.3 Å². The molecule has 4 rings (SSSR count). The number of ether oxygens (including phenoxy) is 1. The lowest BCUT2D eigenvalue weighted by molar-refractivity contribution is 0.414. The Bertz CT molecular complexity index is 913. The summed E-state index contributed by atoms with van der Waals surface area (Å²) in [6, 6.07) is 16.4. The number of rotatable bonds is 5. The lowest BCUT2D eigenvalue weighted by Crippen LogP contribution is -2.40. The molecule has 1 aliphatic rings. The van der Waals surface area contributed by atoms with E-state index < -0.39 is 0 Å². The molecule has 26 heavy (non-hydrogen) atoms. The normalized spacial score (nSPS) is 13.7. The lowest BCUT2D eigenvalue weighted by Gasteiger charge is -2.23. The molecule has 2 aromatic carbocycles. The Morgan fingerprint density at radius 1 is 1.15 bits per heavy atom. The van der Waals surface area contributed by atoms with Crippen LogP contribution >= 0.6 is 11.3 Å². The van der Waals surface area contributed by atoms with E-state index in [0.29, 0.717) is 6.54 Å². The lowest BCUT2D eigenvalue weighted by atomic mass is 10.1. The van der Waals surface area contributed by atoms with Gasteiger partial charge < -0.3 is 10.1 Å². The summed E-state index contributed by atoms with van der Waals surface area (Å²) in [6.45, 7) is 1.49. The van der Waals surface area contributed by atoms with Crippen LogP contribution in [-0.4, -0.2) is 31.1 Å². The van der Waals surface area contributed by atoms with E-state index in [0.717, 1.165) is 35.3 Å². The summed E-state index contributed by atoms with van der Waals surface area (Å²) in [7, 11) is 1.68. The fourth-order valence-corrected chi connectivity index (χ4v) is 3.76. The molecule has 0 amide bonds. The summed E-state index contributed by atoms with van der Waals surface area (Å²) >= 11 is 1.67. The van der Waals surface area contributed by atoms with Gasteiger partial charge in [-0.05, 0) is 42.3 Å². The van der Waals surface area contributed by atoms with Crippen molar-refractivity contribution in [3.8, 4) is 5.75 Å². The van der Waals surface area contributed by atoms with Gasteiger partial charge in [0.05, 0.1) is 23.9 Å². The number of hydrogen-bond donors (Lipinski definition) is 1. The third-order valence-electron chi connectivity index (χ3n) is 4.17. The highest BCUT2D eigenvalue weighted by atomic mass is 32.1. The largest absolute Gasteiger partial charge is 0.497 e. The van der Waals surface area contributed by atoms with Crippen LogP contribution in [0.25, 0.3) is 10.2 Å². The van der Waals surface area contributed by atoms with Crippen molar-refractivity contribution in [1.29, 1.82) is 0 Å². The molecule has 132 valence electrons. The van der Waals surface area contributed by atoms with Crippen LogP contribution in [0.5, 0.6) is 5.75 Å². The minimum atomic E-state index is 0.687. The van der Waals surface area contributed by atoms with E-state index in [9.17, 15) is 0 Å². The first-order valence-corrected chi connectivity index (χ1v) is 9.38. The molecular weight excluding hydrogens is 344 g/mol. The zero-order valence-electron chi connectivity index (χ0n) is 14.6. The molecule has 0 spiro atoms. The first-order valence-electron chi connectivity index (χ1n) is 8.56. The van der Waals surface area contributed by atoms with E-state index in [2.05, 4.69) is 28.5 Å². The van der Waals surface area contributed by atoms with Gasteiger partial charge in [0.1, 0.15) is 5.75 Å². The predicted octanol–water partition coefficient (Wildman–Crippen LogP) is 3.83. The Morgan fingerprint density at radius 3 is 2.81 bits per heavy atom. The second kappa shape index (κ2) is 7.58. The highest BCUT2D eigenvalue weighted by molar-refractivity contribution is 7.22. The Morgan fingerprint density at radius 2 is 2.00 bits per heavy atom. The van der Waals surface area contributed by atoms with Crippen LogP contribution in [0.2, 0.25) is 0 Å². The quantitative estimate of drug-likeness (QED) is 0.748. The van der Waals surface area contributed by atoms with E-state index in [1.165, 1.54) is 10.3 Å². The summed E-state index contributed by atoms with van der Waals surface area (Å²) in [5.74, 6) is 1.73. The molecule has 1 N–H and O–H groups in total. The van der Waals surface area contributed by atoms with E-state index in [1.54, 1.807) is 18.4 Å². The number of aromatic nitrogens is 1. The van der Waals surface area contributed by atoms with Gasteiger partial charge in [-0.3, -0.25) is 4.90 Å². The second-order valence-electron chi connectivity index (χ2n) is 5.91. The topological polar surface area (TPSA) is 49.8 Å². The van der Waals surface area contributed by atoms with E-state index in [4.69, 9.17) is 9.72 Å².